The summed E-state index contributed by atoms with van der Waals surface area (Å²) in [7, 11) is 0. The standard InChI is InChI=1S/C24H24N2O2/c1-3-26(22-12-8-7-9-18(22)2)24(28)20-13-15-21(16-14-20)25-23(27)17-19-10-5-4-6-11-19/h4-16H,3,17H2,1-2H3,(H,25,27). The number of benzene rings is 3. The number of carbonyl (C=O) groups excluding carboxylic acids is 2. The van der Waals surface area contributed by atoms with Crippen LogP contribution >= 0.6 is 0 Å². The van der Waals surface area contributed by atoms with Crippen molar-refractivity contribution in [3.63, 3.8) is 0 Å². The maximum atomic E-state index is 12.9. The number of rotatable bonds is 6. The largest absolute Gasteiger partial charge is 0.326 e. The van der Waals surface area contributed by atoms with Gasteiger partial charge >= 0.3 is 0 Å². The Hall–Kier alpha value is -3.40. The van der Waals surface area contributed by atoms with Crippen molar-refractivity contribution >= 4 is 23.2 Å². The van der Waals surface area contributed by atoms with Gasteiger partial charge in [0.15, 0.2) is 0 Å². The van der Waals surface area contributed by atoms with Gasteiger partial charge in [0.05, 0.1) is 6.42 Å². The molecular formula is C24H24N2O2. The van der Waals surface area contributed by atoms with Gasteiger partial charge in [-0.1, -0.05) is 48.5 Å². The van der Waals surface area contributed by atoms with E-state index >= 15 is 0 Å². The third-order valence-electron chi connectivity index (χ3n) is 4.59. The Morgan fingerprint density at radius 3 is 2.14 bits per heavy atom. The van der Waals surface area contributed by atoms with E-state index < -0.39 is 0 Å². The molecule has 3 rings (SSSR count). The molecular weight excluding hydrogens is 348 g/mol. The lowest BCUT2D eigenvalue weighted by Gasteiger charge is -2.23. The van der Waals surface area contributed by atoms with Crippen molar-refractivity contribution in [2.45, 2.75) is 20.3 Å². The van der Waals surface area contributed by atoms with Crippen LogP contribution in [0, 0.1) is 6.92 Å². The molecule has 0 saturated heterocycles. The monoisotopic (exact) mass is 372 g/mol. The first kappa shape index (κ1) is 19.4. The number of hydrogen-bond donors (Lipinski definition) is 1. The van der Waals surface area contributed by atoms with Crippen molar-refractivity contribution in [1.29, 1.82) is 0 Å². The number of para-hydroxylation sites is 1. The maximum Gasteiger partial charge on any atom is 0.258 e. The SMILES string of the molecule is CCN(C(=O)c1ccc(NC(=O)Cc2ccccc2)cc1)c1ccccc1C. The Kier molecular flexibility index (Phi) is 6.22. The molecule has 0 fully saturated rings. The average molecular weight is 372 g/mol. The van der Waals surface area contributed by atoms with Crippen LogP contribution in [-0.2, 0) is 11.2 Å². The Labute approximate surface area is 165 Å². The quantitative estimate of drug-likeness (QED) is 0.673. The summed E-state index contributed by atoms with van der Waals surface area (Å²) in [5.74, 6) is -0.140. The Morgan fingerprint density at radius 1 is 0.857 bits per heavy atom. The smallest absolute Gasteiger partial charge is 0.258 e. The Morgan fingerprint density at radius 2 is 1.50 bits per heavy atom. The van der Waals surface area contributed by atoms with E-state index in [4.69, 9.17) is 0 Å². The fraction of sp³-hybridized carbons (Fsp3) is 0.167. The molecule has 0 aliphatic rings. The topological polar surface area (TPSA) is 49.4 Å². The number of anilines is 2. The molecule has 0 heterocycles. The van der Waals surface area contributed by atoms with Gasteiger partial charge in [-0.3, -0.25) is 9.59 Å². The van der Waals surface area contributed by atoms with Crippen LogP contribution < -0.4 is 10.2 Å². The van der Waals surface area contributed by atoms with Gasteiger partial charge in [0.1, 0.15) is 0 Å². The summed E-state index contributed by atoms with van der Waals surface area (Å²) in [5.41, 5.74) is 4.20. The molecule has 0 aromatic heterocycles. The fourth-order valence-corrected chi connectivity index (χ4v) is 3.13. The average Bonchev–Trinajstić information content (AvgIpc) is 2.71. The lowest BCUT2D eigenvalue weighted by atomic mass is 10.1. The van der Waals surface area contributed by atoms with Gasteiger partial charge in [0.2, 0.25) is 5.91 Å². The molecule has 4 nitrogen and oxygen atoms in total. The van der Waals surface area contributed by atoms with Crippen LogP contribution in [0.5, 0.6) is 0 Å². The predicted molar refractivity (Wildman–Crippen MR) is 114 cm³/mol. The number of nitrogens with one attached hydrogen (secondary N) is 1. The minimum atomic E-state index is -0.0830. The van der Waals surface area contributed by atoms with Crippen LogP contribution in [0.3, 0.4) is 0 Å². The normalized spacial score (nSPS) is 10.4. The summed E-state index contributed by atoms with van der Waals surface area (Å²) in [5, 5.41) is 2.88. The first-order valence-corrected chi connectivity index (χ1v) is 9.40. The second-order valence-corrected chi connectivity index (χ2v) is 6.62. The Bertz CT molecular complexity index is 950. The van der Waals surface area contributed by atoms with Gasteiger partial charge in [-0.25, -0.2) is 0 Å². The molecule has 0 unspecified atom stereocenters. The molecule has 0 aliphatic heterocycles. The molecule has 28 heavy (non-hydrogen) atoms. The van der Waals surface area contributed by atoms with Crippen LogP contribution in [0.2, 0.25) is 0 Å². The summed E-state index contributed by atoms with van der Waals surface area (Å²) in [4.78, 5) is 26.9. The number of amides is 2. The molecule has 0 atom stereocenters. The molecule has 3 aromatic carbocycles. The summed E-state index contributed by atoms with van der Waals surface area (Å²) >= 11 is 0. The van der Waals surface area contributed by atoms with E-state index in [0.29, 0.717) is 24.2 Å². The van der Waals surface area contributed by atoms with Crippen molar-refractivity contribution in [1.82, 2.24) is 0 Å². The van der Waals surface area contributed by atoms with E-state index in [1.54, 1.807) is 29.2 Å². The van der Waals surface area contributed by atoms with E-state index in [1.165, 1.54) is 0 Å². The second kappa shape index (κ2) is 9.00. The maximum absolute atomic E-state index is 12.9. The molecule has 1 N–H and O–H groups in total. The highest BCUT2D eigenvalue weighted by molar-refractivity contribution is 6.06. The van der Waals surface area contributed by atoms with E-state index in [2.05, 4.69) is 5.32 Å². The zero-order valence-electron chi connectivity index (χ0n) is 16.2. The zero-order valence-corrected chi connectivity index (χ0v) is 16.2. The lowest BCUT2D eigenvalue weighted by molar-refractivity contribution is -0.115. The first-order valence-electron chi connectivity index (χ1n) is 9.40. The molecule has 142 valence electrons. The van der Waals surface area contributed by atoms with Gasteiger partial charge in [-0.15, -0.1) is 0 Å². The van der Waals surface area contributed by atoms with Crippen molar-refractivity contribution in [2.75, 3.05) is 16.8 Å². The molecule has 0 spiro atoms. The van der Waals surface area contributed by atoms with Crippen LogP contribution in [0.4, 0.5) is 11.4 Å². The van der Waals surface area contributed by atoms with Crippen LogP contribution in [0.15, 0.2) is 78.9 Å². The minimum absolute atomic E-state index is 0.0565. The molecule has 0 saturated carbocycles. The van der Waals surface area contributed by atoms with Gasteiger partial charge in [-0.05, 0) is 55.3 Å². The van der Waals surface area contributed by atoms with Crippen molar-refractivity contribution in [3.05, 3.63) is 95.6 Å². The van der Waals surface area contributed by atoms with Gasteiger partial charge in [0.25, 0.3) is 5.91 Å². The number of aryl methyl sites for hydroxylation is 1. The zero-order chi connectivity index (χ0) is 19.9. The second-order valence-electron chi connectivity index (χ2n) is 6.62. The number of carbonyl (C=O) groups is 2. The molecule has 0 radical (unpaired) electrons. The van der Waals surface area contributed by atoms with Crippen LogP contribution in [-0.4, -0.2) is 18.4 Å². The van der Waals surface area contributed by atoms with Crippen molar-refractivity contribution in [2.24, 2.45) is 0 Å². The molecule has 3 aromatic rings. The van der Waals surface area contributed by atoms with Crippen LogP contribution in [0.1, 0.15) is 28.4 Å². The Balaban J connectivity index is 1.68. The summed E-state index contributed by atoms with van der Waals surface area (Å²) < 4.78 is 0. The van der Waals surface area contributed by atoms with E-state index in [-0.39, 0.29) is 11.8 Å². The first-order chi connectivity index (χ1) is 13.6. The lowest BCUT2D eigenvalue weighted by Crippen LogP contribution is -2.31. The highest BCUT2D eigenvalue weighted by Gasteiger charge is 2.17. The summed E-state index contributed by atoms with van der Waals surface area (Å²) in [6.07, 6.45) is 0.318. The van der Waals surface area contributed by atoms with Crippen molar-refractivity contribution < 1.29 is 9.59 Å². The number of hydrogen-bond acceptors (Lipinski definition) is 2. The van der Waals surface area contributed by atoms with Gasteiger partial charge in [0, 0.05) is 23.5 Å². The fourth-order valence-electron chi connectivity index (χ4n) is 3.13. The highest BCUT2D eigenvalue weighted by Crippen LogP contribution is 2.22. The van der Waals surface area contributed by atoms with E-state index in [1.807, 2.05) is 68.4 Å². The van der Waals surface area contributed by atoms with Crippen molar-refractivity contribution in [3.8, 4) is 0 Å². The minimum Gasteiger partial charge on any atom is -0.326 e. The van der Waals surface area contributed by atoms with E-state index in [9.17, 15) is 9.59 Å². The predicted octanol–water partition coefficient (Wildman–Crippen LogP) is 4.84. The van der Waals surface area contributed by atoms with E-state index in [0.717, 1.165) is 16.8 Å². The van der Waals surface area contributed by atoms with Crippen LogP contribution in [0.25, 0.3) is 0 Å². The molecule has 0 bridgehead atoms. The number of nitrogens with zero attached hydrogens (tertiary/aromatic N) is 1. The molecule has 4 heteroatoms. The molecule has 0 aliphatic carbocycles. The summed E-state index contributed by atoms with van der Waals surface area (Å²) in [6.45, 7) is 4.54. The third kappa shape index (κ3) is 4.65. The van der Waals surface area contributed by atoms with Gasteiger partial charge in [-0.2, -0.15) is 0 Å². The summed E-state index contributed by atoms with van der Waals surface area (Å²) in [6, 6.07) is 24.5. The molecule has 2 amide bonds. The highest BCUT2D eigenvalue weighted by atomic mass is 16.2. The van der Waals surface area contributed by atoms with Gasteiger partial charge < -0.3 is 10.2 Å². The third-order valence-corrected chi connectivity index (χ3v) is 4.59.